The van der Waals surface area contributed by atoms with E-state index in [1.807, 2.05) is 36.2 Å². The summed E-state index contributed by atoms with van der Waals surface area (Å²) in [4.78, 5) is 10.8. The van der Waals surface area contributed by atoms with Gasteiger partial charge < -0.3 is 15.8 Å². The fraction of sp³-hybridized carbons (Fsp3) is 0.267. The Balaban J connectivity index is 1.92. The summed E-state index contributed by atoms with van der Waals surface area (Å²) >= 11 is 0. The summed E-state index contributed by atoms with van der Waals surface area (Å²) in [5, 5.41) is 11.7. The monoisotopic (exact) mass is 283 g/mol. The molecule has 1 aliphatic carbocycles. The van der Waals surface area contributed by atoms with Crippen molar-refractivity contribution in [3.8, 4) is 0 Å². The van der Waals surface area contributed by atoms with Crippen LogP contribution in [0.25, 0.3) is 0 Å². The second-order valence-electron chi connectivity index (χ2n) is 5.07. The van der Waals surface area contributed by atoms with E-state index < -0.39 is 0 Å². The van der Waals surface area contributed by atoms with Crippen LogP contribution in [-0.2, 0) is 12.8 Å². The van der Waals surface area contributed by atoms with E-state index in [1.165, 1.54) is 5.56 Å². The van der Waals surface area contributed by atoms with Crippen molar-refractivity contribution in [1.82, 2.24) is 9.97 Å². The molecule has 2 aromatic rings. The van der Waals surface area contributed by atoms with E-state index in [0.29, 0.717) is 5.56 Å². The van der Waals surface area contributed by atoms with Gasteiger partial charge in [0.1, 0.15) is 12.1 Å². The number of aromatic nitrogens is 2. The molecule has 0 aliphatic heterocycles. The first-order valence-electron chi connectivity index (χ1n) is 6.85. The number of anilines is 2. The fourth-order valence-electron chi connectivity index (χ4n) is 2.67. The molecular formula is C15H17N5O. The van der Waals surface area contributed by atoms with E-state index >= 15 is 0 Å². The highest BCUT2D eigenvalue weighted by Gasteiger charge is 2.20. The molecule has 3 N–H and O–H groups in total. The Morgan fingerprint density at radius 3 is 2.71 bits per heavy atom. The minimum absolute atomic E-state index is 0.104. The maximum absolute atomic E-state index is 8.69. The van der Waals surface area contributed by atoms with Gasteiger partial charge in [-0.15, -0.1) is 0 Å². The molecule has 6 heteroatoms. The number of fused-ring (bicyclic) bond motifs is 1. The number of aryl methyl sites for hydroxylation is 1. The van der Waals surface area contributed by atoms with Crippen molar-refractivity contribution in [2.75, 3.05) is 11.9 Å². The highest BCUT2D eigenvalue weighted by Crippen LogP contribution is 2.31. The third kappa shape index (κ3) is 2.40. The summed E-state index contributed by atoms with van der Waals surface area (Å²) in [6.07, 6.45) is 4.82. The topological polar surface area (TPSA) is 87.6 Å². The van der Waals surface area contributed by atoms with Crippen molar-refractivity contribution < 1.29 is 5.21 Å². The zero-order chi connectivity index (χ0) is 14.8. The molecule has 0 spiro atoms. The average Bonchev–Trinajstić information content (AvgIpc) is 3.02. The lowest BCUT2D eigenvalue weighted by Crippen LogP contribution is -2.16. The van der Waals surface area contributed by atoms with Crippen molar-refractivity contribution in [2.45, 2.75) is 19.3 Å². The Bertz CT molecular complexity index is 681. The smallest absolute Gasteiger partial charge is 0.170 e. The summed E-state index contributed by atoms with van der Waals surface area (Å²) in [6.45, 7) is 0. The van der Waals surface area contributed by atoms with Gasteiger partial charge in [0, 0.05) is 29.6 Å². The Morgan fingerprint density at radius 1 is 1.24 bits per heavy atom. The van der Waals surface area contributed by atoms with Gasteiger partial charge in [0.05, 0.1) is 0 Å². The van der Waals surface area contributed by atoms with E-state index in [0.717, 1.165) is 36.5 Å². The maximum Gasteiger partial charge on any atom is 0.170 e. The molecule has 0 amide bonds. The van der Waals surface area contributed by atoms with Crippen LogP contribution in [0.2, 0.25) is 0 Å². The number of benzene rings is 1. The summed E-state index contributed by atoms with van der Waals surface area (Å²) in [7, 11) is 1.99. The third-order valence-corrected chi connectivity index (χ3v) is 3.83. The van der Waals surface area contributed by atoms with Crippen molar-refractivity contribution >= 4 is 17.3 Å². The number of hydrogen-bond acceptors (Lipinski definition) is 5. The predicted octanol–water partition coefficient (Wildman–Crippen LogP) is 1.83. The normalized spacial score (nSPS) is 14.0. The van der Waals surface area contributed by atoms with Gasteiger partial charge in [-0.2, -0.15) is 0 Å². The van der Waals surface area contributed by atoms with Crippen LogP contribution in [0, 0.1) is 0 Å². The largest absolute Gasteiger partial charge is 0.409 e. The van der Waals surface area contributed by atoms with Gasteiger partial charge in [0.2, 0.25) is 0 Å². The lowest BCUT2D eigenvalue weighted by molar-refractivity contribution is 0.318. The van der Waals surface area contributed by atoms with Crippen molar-refractivity contribution in [2.24, 2.45) is 10.9 Å². The van der Waals surface area contributed by atoms with E-state index in [9.17, 15) is 0 Å². The number of amidine groups is 1. The molecule has 1 aromatic carbocycles. The first-order valence-corrected chi connectivity index (χ1v) is 6.85. The SMILES string of the molecule is CN(c1ccc(C(N)=NO)cc1)c1ncnc2c1CCC2. The molecule has 0 saturated heterocycles. The standard InChI is InChI=1S/C15H17N5O/c1-20(11-7-5-10(6-8-11)14(16)19-21)15-12-3-2-4-13(12)17-9-18-15/h5-9,21H,2-4H2,1H3,(H2,16,19). The molecule has 1 heterocycles. The summed E-state index contributed by atoms with van der Waals surface area (Å²) in [5.41, 5.74) is 9.64. The molecule has 21 heavy (non-hydrogen) atoms. The average molecular weight is 283 g/mol. The van der Waals surface area contributed by atoms with Crippen LogP contribution in [0.15, 0.2) is 35.7 Å². The van der Waals surface area contributed by atoms with Crippen molar-refractivity contribution in [3.05, 3.63) is 47.4 Å². The van der Waals surface area contributed by atoms with E-state index in [4.69, 9.17) is 10.9 Å². The number of rotatable bonds is 3. The Morgan fingerprint density at radius 2 is 2.00 bits per heavy atom. The third-order valence-electron chi connectivity index (χ3n) is 3.83. The molecular weight excluding hydrogens is 266 g/mol. The number of oxime groups is 1. The first kappa shape index (κ1) is 13.4. The Kier molecular flexibility index (Phi) is 3.43. The number of nitrogens with two attached hydrogens (primary N) is 1. The quantitative estimate of drug-likeness (QED) is 0.388. The van der Waals surface area contributed by atoms with Crippen LogP contribution in [0.5, 0.6) is 0 Å². The second kappa shape index (κ2) is 5.40. The second-order valence-corrected chi connectivity index (χ2v) is 5.07. The molecule has 0 unspecified atom stereocenters. The van der Waals surface area contributed by atoms with E-state index in [-0.39, 0.29) is 5.84 Å². The molecule has 0 saturated carbocycles. The van der Waals surface area contributed by atoms with Gasteiger partial charge in [-0.05, 0) is 43.5 Å². The molecule has 0 bridgehead atoms. The predicted molar refractivity (Wildman–Crippen MR) is 81.1 cm³/mol. The van der Waals surface area contributed by atoms with Crippen LogP contribution >= 0.6 is 0 Å². The Labute approximate surface area is 122 Å². The lowest BCUT2D eigenvalue weighted by atomic mass is 10.1. The van der Waals surface area contributed by atoms with Gasteiger partial charge in [-0.1, -0.05) is 5.16 Å². The summed E-state index contributed by atoms with van der Waals surface area (Å²) in [5.74, 6) is 1.06. The van der Waals surface area contributed by atoms with Crippen LogP contribution in [0.1, 0.15) is 23.2 Å². The van der Waals surface area contributed by atoms with E-state index in [2.05, 4.69) is 15.1 Å². The summed E-state index contributed by atoms with van der Waals surface area (Å²) < 4.78 is 0. The number of nitrogens with zero attached hydrogens (tertiary/aromatic N) is 4. The molecule has 1 aromatic heterocycles. The fourth-order valence-corrected chi connectivity index (χ4v) is 2.67. The maximum atomic E-state index is 8.69. The molecule has 0 atom stereocenters. The van der Waals surface area contributed by atoms with Gasteiger partial charge in [-0.25, -0.2) is 9.97 Å². The van der Waals surface area contributed by atoms with Gasteiger partial charge >= 0.3 is 0 Å². The molecule has 0 fully saturated rings. The van der Waals surface area contributed by atoms with E-state index in [1.54, 1.807) is 6.33 Å². The van der Waals surface area contributed by atoms with Crippen LogP contribution in [0.3, 0.4) is 0 Å². The van der Waals surface area contributed by atoms with Crippen LogP contribution in [0.4, 0.5) is 11.5 Å². The lowest BCUT2D eigenvalue weighted by Gasteiger charge is -2.21. The van der Waals surface area contributed by atoms with Gasteiger partial charge in [-0.3, -0.25) is 0 Å². The van der Waals surface area contributed by atoms with Gasteiger partial charge in [0.25, 0.3) is 0 Å². The highest BCUT2D eigenvalue weighted by molar-refractivity contribution is 5.97. The Hall–Kier alpha value is -2.63. The minimum atomic E-state index is 0.104. The molecule has 108 valence electrons. The zero-order valence-electron chi connectivity index (χ0n) is 11.8. The molecule has 0 radical (unpaired) electrons. The summed E-state index contributed by atoms with van der Waals surface area (Å²) in [6, 6.07) is 7.50. The minimum Gasteiger partial charge on any atom is -0.409 e. The van der Waals surface area contributed by atoms with Gasteiger partial charge in [0.15, 0.2) is 5.84 Å². The first-order chi connectivity index (χ1) is 10.2. The number of hydrogen-bond donors (Lipinski definition) is 2. The molecule has 6 nitrogen and oxygen atoms in total. The molecule has 1 aliphatic rings. The molecule has 3 rings (SSSR count). The van der Waals surface area contributed by atoms with Crippen LogP contribution in [-0.4, -0.2) is 28.1 Å². The van der Waals surface area contributed by atoms with Crippen LogP contribution < -0.4 is 10.6 Å². The van der Waals surface area contributed by atoms with Crippen molar-refractivity contribution in [1.29, 1.82) is 0 Å². The zero-order valence-corrected chi connectivity index (χ0v) is 11.8. The highest BCUT2D eigenvalue weighted by atomic mass is 16.4. The van der Waals surface area contributed by atoms with Crippen molar-refractivity contribution in [3.63, 3.8) is 0 Å².